The lowest BCUT2D eigenvalue weighted by molar-refractivity contribution is -0.144. The van der Waals surface area contributed by atoms with Crippen molar-refractivity contribution >= 4 is 40.7 Å². The van der Waals surface area contributed by atoms with E-state index in [-0.39, 0.29) is 43.1 Å². The van der Waals surface area contributed by atoms with Crippen LogP contribution in [0.1, 0.15) is 38.4 Å². The summed E-state index contributed by atoms with van der Waals surface area (Å²) in [5, 5.41) is 16.1. The first-order valence-electron chi connectivity index (χ1n) is 13.1. The van der Waals surface area contributed by atoms with Crippen molar-refractivity contribution in [2.75, 3.05) is 13.2 Å². The van der Waals surface area contributed by atoms with E-state index in [2.05, 4.69) is 25.6 Å². The second-order valence-corrected chi connectivity index (χ2v) is 12.1. The first kappa shape index (κ1) is 30.4. The van der Waals surface area contributed by atoms with Crippen molar-refractivity contribution in [1.82, 2.24) is 30.5 Å². The SMILES string of the molecule is Cc1ncsc1-c1ccc(CNC(=O)[C@@H]2C[C@@H](O)CN2C(=O)[C@@H](NC(=O)COc2cnc(Cl)nc2)C(C)(C)C)cc1. The van der Waals surface area contributed by atoms with Gasteiger partial charge in [0.05, 0.1) is 34.6 Å². The van der Waals surface area contributed by atoms with E-state index in [9.17, 15) is 19.5 Å². The van der Waals surface area contributed by atoms with Crippen LogP contribution in [0.15, 0.2) is 42.2 Å². The number of benzene rings is 1. The van der Waals surface area contributed by atoms with Crippen molar-refractivity contribution in [3.8, 4) is 16.2 Å². The summed E-state index contributed by atoms with van der Waals surface area (Å²) in [6, 6.07) is 5.99. The minimum absolute atomic E-state index is 0.0130. The molecule has 1 aliphatic rings. The fourth-order valence-electron chi connectivity index (χ4n) is 4.51. The molecule has 13 heteroatoms. The highest BCUT2D eigenvalue weighted by Gasteiger charge is 2.44. The lowest BCUT2D eigenvalue weighted by atomic mass is 9.85. The van der Waals surface area contributed by atoms with E-state index in [1.807, 2.05) is 57.5 Å². The number of hydrogen-bond acceptors (Lipinski definition) is 9. The zero-order chi connectivity index (χ0) is 29.7. The maximum absolute atomic E-state index is 13.7. The number of likely N-dealkylation sites (tertiary alicyclic amines) is 1. The van der Waals surface area contributed by atoms with E-state index in [0.29, 0.717) is 0 Å². The molecule has 0 bridgehead atoms. The predicted octanol–water partition coefficient (Wildman–Crippen LogP) is 2.75. The monoisotopic (exact) mass is 600 g/mol. The highest BCUT2D eigenvalue weighted by atomic mass is 35.5. The molecule has 0 unspecified atom stereocenters. The zero-order valence-corrected chi connectivity index (χ0v) is 24.8. The molecule has 3 aromatic rings. The summed E-state index contributed by atoms with van der Waals surface area (Å²) in [6.07, 6.45) is 1.91. The molecule has 1 aliphatic heterocycles. The van der Waals surface area contributed by atoms with Crippen LogP contribution in [-0.2, 0) is 20.9 Å². The zero-order valence-electron chi connectivity index (χ0n) is 23.3. The topological polar surface area (TPSA) is 147 Å². The molecule has 3 N–H and O–H groups in total. The molecule has 0 aliphatic carbocycles. The third-order valence-corrected chi connectivity index (χ3v) is 7.85. The van der Waals surface area contributed by atoms with Gasteiger partial charge in [0.25, 0.3) is 5.91 Å². The minimum atomic E-state index is -0.969. The summed E-state index contributed by atoms with van der Waals surface area (Å²) < 4.78 is 5.40. The average Bonchev–Trinajstić information content (AvgIpc) is 3.54. The van der Waals surface area contributed by atoms with Crippen molar-refractivity contribution < 1.29 is 24.2 Å². The number of halogens is 1. The Kier molecular flexibility index (Phi) is 9.57. The van der Waals surface area contributed by atoms with Crippen LogP contribution < -0.4 is 15.4 Å². The Bertz CT molecular complexity index is 1380. The summed E-state index contributed by atoms with van der Waals surface area (Å²) >= 11 is 7.24. The van der Waals surface area contributed by atoms with E-state index in [0.717, 1.165) is 21.7 Å². The third kappa shape index (κ3) is 7.78. The summed E-state index contributed by atoms with van der Waals surface area (Å²) in [5.41, 5.74) is 4.03. The first-order valence-corrected chi connectivity index (χ1v) is 14.3. The Morgan fingerprint density at radius 3 is 2.46 bits per heavy atom. The summed E-state index contributed by atoms with van der Waals surface area (Å²) in [7, 11) is 0. The predicted molar refractivity (Wildman–Crippen MR) is 154 cm³/mol. The highest BCUT2D eigenvalue weighted by Crippen LogP contribution is 2.28. The van der Waals surface area contributed by atoms with E-state index < -0.39 is 35.4 Å². The number of aryl methyl sites for hydroxylation is 1. The van der Waals surface area contributed by atoms with Crippen molar-refractivity contribution in [3.63, 3.8) is 0 Å². The Morgan fingerprint density at radius 2 is 1.85 bits per heavy atom. The summed E-state index contributed by atoms with van der Waals surface area (Å²) in [5.74, 6) is -1.12. The number of ether oxygens (including phenoxy) is 1. The molecule has 2 aromatic heterocycles. The van der Waals surface area contributed by atoms with Crippen LogP contribution in [0.25, 0.3) is 10.4 Å². The Labute approximate surface area is 247 Å². The van der Waals surface area contributed by atoms with Crippen LogP contribution in [0.4, 0.5) is 0 Å². The third-order valence-electron chi connectivity index (χ3n) is 6.68. The number of aliphatic hydroxyl groups is 1. The van der Waals surface area contributed by atoms with Gasteiger partial charge in [-0.1, -0.05) is 45.0 Å². The van der Waals surface area contributed by atoms with Crippen molar-refractivity contribution in [2.24, 2.45) is 5.41 Å². The van der Waals surface area contributed by atoms with Crippen LogP contribution in [0.3, 0.4) is 0 Å². The Morgan fingerprint density at radius 1 is 1.17 bits per heavy atom. The largest absolute Gasteiger partial charge is 0.481 e. The van der Waals surface area contributed by atoms with E-state index in [1.54, 1.807) is 11.3 Å². The standard InChI is InChI=1S/C28H33ClN6O5S/c1-16-23(41-15-33-16)18-7-5-17(6-8-18)10-30-25(38)21-9-19(36)13-35(21)26(39)24(28(2,3)4)34-22(37)14-40-20-11-31-27(29)32-12-20/h5-8,11-12,15,19,21,24,36H,9-10,13-14H2,1-4H3,(H,30,38)(H,34,37)/t19-,21+,24-/m1/s1. The average molecular weight is 601 g/mol. The van der Waals surface area contributed by atoms with Gasteiger partial charge in [0, 0.05) is 19.5 Å². The normalized spacial score (nSPS) is 17.7. The Balaban J connectivity index is 1.38. The molecular weight excluding hydrogens is 568 g/mol. The van der Waals surface area contributed by atoms with Crippen LogP contribution in [0, 0.1) is 12.3 Å². The molecule has 1 fully saturated rings. The maximum atomic E-state index is 13.7. The maximum Gasteiger partial charge on any atom is 0.258 e. The number of hydrogen-bond donors (Lipinski definition) is 3. The van der Waals surface area contributed by atoms with Crippen LogP contribution in [0.2, 0.25) is 5.28 Å². The van der Waals surface area contributed by atoms with Crippen molar-refractivity contribution in [2.45, 2.75) is 58.8 Å². The fraction of sp³-hybridized carbons (Fsp3) is 0.429. The van der Waals surface area contributed by atoms with Crippen LogP contribution in [-0.4, -0.2) is 74.0 Å². The molecule has 0 spiro atoms. The lowest BCUT2D eigenvalue weighted by Crippen LogP contribution is -2.58. The van der Waals surface area contributed by atoms with Gasteiger partial charge in [0.15, 0.2) is 12.4 Å². The lowest BCUT2D eigenvalue weighted by Gasteiger charge is -2.35. The molecule has 3 amide bonds. The quantitative estimate of drug-likeness (QED) is 0.318. The number of nitrogens with zero attached hydrogens (tertiary/aromatic N) is 4. The molecule has 218 valence electrons. The second kappa shape index (κ2) is 12.9. The number of amides is 3. The van der Waals surface area contributed by atoms with Crippen molar-refractivity contribution in [3.05, 3.63) is 58.7 Å². The second-order valence-electron chi connectivity index (χ2n) is 10.9. The number of thiazole rings is 1. The van der Waals surface area contributed by atoms with Crippen molar-refractivity contribution in [1.29, 1.82) is 0 Å². The van der Waals surface area contributed by atoms with Gasteiger partial charge in [-0.3, -0.25) is 14.4 Å². The van der Waals surface area contributed by atoms with Crippen LogP contribution in [0.5, 0.6) is 5.75 Å². The number of carbonyl (C=O) groups excluding carboxylic acids is 3. The van der Waals surface area contributed by atoms with Gasteiger partial charge in [-0.05, 0) is 35.1 Å². The molecule has 41 heavy (non-hydrogen) atoms. The number of carbonyl (C=O) groups is 3. The molecule has 1 aromatic carbocycles. The molecule has 0 radical (unpaired) electrons. The van der Waals surface area contributed by atoms with Gasteiger partial charge in [-0.2, -0.15) is 0 Å². The highest BCUT2D eigenvalue weighted by molar-refractivity contribution is 7.13. The van der Waals surface area contributed by atoms with Crippen LogP contribution >= 0.6 is 22.9 Å². The van der Waals surface area contributed by atoms with Gasteiger partial charge >= 0.3 is 0 Å². The number of nitrogens with one attached hydrogen (secondary N) is 2. The van der Waals surface area contributed by atoms with Gasteiger partial charge < -0.3 is 25.4 Å². The summed E-state index contributed by atoms with van der Waals surface area (Å²) in [4.78, 5) is 53.9. The van der Waals surface area contributed by atoms with E-state index in [4.69, 9.17) is 16.3 Å². The summed E-state index contributed by atoms with van der Waals surface area (Å²) in [6.45, 7) is 7.26. The van der Waals surface area contributed by atoms with Gasteiger partial charge in [-0.15, -0.1) is 11.3 Å². The molecule has 1 saturated heterocycles. The van der Waals surface area contributed by atoms with Gasteiger partial charge in [0.1, 0.15) is 12.1 Å². The Hall–Kier alpha value is -3.61. The minimum Gasteiger partial charge on any atom is -0.481 e. The van der Waals surface area contributed by atoms with Gasteiger partial charge in [0.2, 0.25) is 17.1 Å². The first-order chi connectivity index (χ1) is 19.4. The molecular formula is C28H33ClN6O5S. The number of aromatic nitrogens is 3. The smallest absolute Gasteiger partial charge is 0.258 e. The number of aliphatic hydroxyl groups excluding tert-OH is 1. The van der Waals surface area contributed by atoms with E-state index in [1.165, 1.54) is 17.3 Å². The fourth-order valence-corrected chi connectivity index (χ4v) is 5.42. The number of β-amino-alcohol motifs (C(OH)–C–C–N with tert-alkyl or cyclic N) is 1. The van der Waals surface area contributed by atoms with Gasteiger partial charge in [-0.25, -0.2) is 15.0 Å². The molecule has 4 rings (SSSR count). The molecule has 0 saturated carbocycles. The van der Waals surface area contributed by atoms with E-state index >= 15 is 0 Å². The number of rotatable bonds is 9. The molecule has 3 heterocycles. The molecule has 11 nitrogen and oxygen atoms in total. The molecule has 3 atom stereocenters.